The Morgan fingerprint density at radius 3 is 2.27 bits per heavy atom. The Balaban J connectivity index is 1.55. The highest BCUT2D eigenvalue weighted by atomic mass is 16.5. The van der Waals surface area contributed by atoms with Gasteiger partial charge in [-0.1, -0.05) is 0 Å². The Labute approximate surface area is 193 Å². The van der Waals surface area contributed by atoms with Crippen molar-refractivity contribution in [3.8, 4) is 17.2 Å². The molecule has 0 amide bonds. The number of ether oxygens (including phenoxy) is 3. The molecule has 0 saturated carbocycles. The lowest BCUT2D eigenvalue weighted by Crippen LogP contribution is -2.34. The van der Waals surface area contributed by atoms with E-state index >= 15 is 0 Å². The molecule has 0 N–H and O–H groups in total. The van der Waals surface area contributed by atoms with Crippen LogP contribution in [-0.2, 0) is 13.5 Å². The molecule has 0 bridgehead atoms. The first kappa shape index (κ1) is 22.5. The van der Waals surface area contributed by atoms with Crippen LogP contribution in [0.5, 0.6) is 17.2 Å². The lowest BCUT2D eigenvalue weighted by molar-refractivity contribution is 0.0998. The highest BCUT2D eigenvalue weighted by Gasteiger charge is 2.24. The Morgan fingerprint density at radius 1 is 0.909 bits per heavy atom. The summed E-state index contributed by atoms with van der Waals surface area (Å²) in [5, 5.41) is 0. The highest BCUT2D eigenvalue weighted by Crippen LogP contribution is 2.38. The van der Waals surface area contributed by atoms with Crippen LogP contribution in [0.4, 0.5) is 5.69 Å². The van der Waals surface area contributed by atoms with Crippen LogP contribution in [0.3, 0.4) is 0 Å². The number of methoxy groups -OCH3 is 3. The van der Waals surface area contributed by atoms with Crippen molar-refractivity contribution in [2.45, 2.75) is 12.8 Å². The van der Waals surface area contributed by atoms with Gasteiger partial charge in [-0.3, -0.25) is 9.59 Å². The summed E-state index contributed by atoms with van der Waals surface area (Å²) in [6.45, 7) is 1.00. The van der Waals surface area contributed by atoms with E-state index in [1.807, 2.05) is 12.1 Å². The minimum atomic E-state index is -0.139. The van der Waals surface area contributed by atoms with Crippen molar-refractivity contribution in [1.82, 2.24) is 4.57 Å². The Bertz CT molecular complexity index is 1180. The van der Waals surface area contributed by atoms with Gasteiger partial charge < -0.3 is 23.7 Å². The maximum atomic E-state index is 13.2. The van der Waals surface area contributed by atoms with E-state index < -0.39 is 0 Å². The zero-order valence-corrected chi connectivity index (χ0v) is 19.4. The van der Waals surface area contributed by atoms with E-state index in [0.717, 1.165) is 30.6 Å². The van der Waals surface area contributed by atoms with E-state index in [2.05, 4.69) is 4.90 Å². The third-order valence-electron chi connectivity index (χ3n) is 6.05. The number of benzene rings is 2. The normalized spacial score (nSPS) is 12.8. The number of nitrogens with zero attached hydrogens (tertiary/aromatic N) is 2. The van der Waals surface area contributed by atoms with Gasteiger partial charge in [-0.05, 0) is 54.8 Å². The summed E-state index contributed by atoms with van der Waals surface area (Å²) >= 11 is 0. The number of ketones is 2. The first-order valence-electron chi connectivity index (χ1n) is 10.8. The second kappa shape index (κ2) is 9.40. The zero-order valence-electron chi connectivity index (χ0n) is 19.4. The topological polar surface area (TPSA) is 70.0 Å². The van der Waals surface area contributed by atoms with Gasteiger partial charge in [0.1, 0.15) is 5.75 Å². The molecule has 1 aliphatic heterocycles. The smallest absolute Gasteiger partial charge is 0.209 e. The van der Waals surface area contributed by atoms with Crippen molar-refractivity contribution in [3.63, 3.8) is 0 Å². The van der Waals surface area contributed by atoms with Crippen molar-refractivity contribution in [2.75, 3.05) is 39.3 Å². The first-order chi connectivity index (χ1) is 15.9. The minimum Gasteiger partial charge on any atom is -0.497 e. The van der Waals surface area contributed by atoms with Crippen molar-refractivity contribution in [1.29, 1.82) is 0 Å². The summed E-state index contributed by atoms with van der Waals surface area (Å²) in [4.78, 5) is 28.2. The van der Waals surface area contributed by atoms with Gasteiger partial charge in [-0.25, -0.2) is 0 Å². The van der Waals surface area contributed by atoms with E-state index in [9.17, 15) is 9.59 Å². The van der Waals surface area contributed by atoms with Crippen LogP contribution in [0.25, 0.3) is 0 Å². The number of hydrogen-bond donors (Lipinski definition) is 0. The first-order valence-corrected chi connectivity index (χ1v) is 10.8. The molecule has 1 aromatic heterocycles. The van der Waals surface area contributed by atoms with Crippen LogP contribution in [0, 0.1) is 0 Å². The SMILES string of the molecule is COc1ccc(C(=O)c2cc(C(=O)CN3CCCc4cc(OC)c(OC)cc43)cn2C)cc1. The number of fused-ring (bicyclic) bond motifs is 1. The lowest BCUT2D eigenvalue weighted by atomic mass is 10.00. The monoisotopic (exact) mass is 448 g/mol. The fourth-order valence-electron chi connectivity index (χ4n) is 4.25. The number of carbonyl (C=O) groups excluding carboxylic acids is 2. The van der Waals surface area contributed by atoms with E-state index in [4.69, 9.17) is 14.2 Å². The molecule has 33 heavy (non-hydrogen) atoms. The maximum Gasteiger partial charge on any atom is 0.209 e. The summed E-state index contributed by atoms with van der Waals surface area (Å²) in [6.07, 6.45) is 3.59. The molecule has 3 aromatic rings. The van der Waals surface area contributed by atoms with E-state index in [1.54, 1.807) is 69.5 Å². The van der Waals surface area contributed by atoms with Gasteiger partial charge in [0.15, 0.2) is 17.3 Å². The molecule has 2 aromatic carbocycles. The quantitative estimate of drug-likeness (QED) is 0.487. The van der Waals surface area contributed by atoms with Gasteiger partial charge in [0.05, 0.1) is 33.6 Å². The molecule has 1 aliphatic rings. The molecule has 4 rings (SSSR count). The fraction of sp³-hybridized carbons (Fsp3) is 0.308. The van der Waals surface area contributed by atoms with Gasteiger partial charge >= 0.3 is 0 Å². The van der Waals surface area contributed by atoms with Gasteiger partial charge in [-0.2, -0.15) is 0 Å². The predicted octanol–water partition coefficient (Wildman–Crippen LogP) is 3.92. The number of aryl methyl sites for hydroxylation is 2. The standard InChI is InChI=1S/C26H28N2O5/c1-27-15-19(12-22(27)26(30)17-7-9-20(31-2)10-8-17)23(29)16-28-11-5-6-18-13-24(32-3)25(33-4)14-21(18)28/h7-10,12-15H,5-6,11,16H2,1-4H3. The molecule has 0 atom stereocenters. The number of rotatable bonds is 8. The van der Waals surface area contributed by atoms with Gasteiger partial charge in [-0.15, -0.1) is 0 Å². The third-order valence-corrected chi connectivity index (χ3v) is 6.05. The summed E-state index contributed by atoms with van der Waals surface area (Å²) in [5.41, 5.74) is 3.64. The largest absolute Gasteiger partial charge is 0.497 e. The average molecular weight is 449 g/mol. The number of Topliss-reactive ketones (excluding diaryl/α,β-unsaturated/α-hetero) is 1. The molecule has 7 heteroatoms. The minimum absolute atomic E-state index is 0.0398. The lowest BCUT2D eigenvalue weighted by Gasteiger charge is -2.31. The number of anilines is 1. The molecule has 2 heterocycles. The van der Waals surface area contributed by atoms with Crippen molar-refractivity contribution >= 4 is 17.3 Å². The van der Waals surface area contributed by atoms with E-state index in [-0.39, 0.29) is 18.1 Å². The van der Waals surface area contributed by atoms with Crippen LogP contribution in [0.2, 0.25) is 0 Å². The summed E-state index contributed by atoms with van der Waals surface area (Å²) in [5.74, 6) is 1.84. The predicted molar refractivity (Wildman–Crippen MR) is 126 cm³/mol. The fourth-order valence-corrected chi connectivity index (χ4v) is 4.25. The second-order valence-electron chi connectivity index (χ2n) is 8.07. The van der Waals surface area contributed by atoms with E-state index in [0.29, 0.717) is 34.1 Å². The van der Waals surface area contributed by atoms with Crippen LogP contribution >= 0.6 is 0 Å². The van der Waals surface area contributed by atoms with Crippen molar-refractivity contribution in [3.05, 3.63) is 71.0 Å². The summed E-state index contributed by atoms with van der Waals surface area (Å²) in [6, 6.07) is 12.5. The number of carbonyl (C=O) groups is 2. The van der Waals surface area contributed by atoms with E-state index in [1.165, 1.54) is 0 Å². The molecule has 0 saturated heterocycles. The van der Waals surface area contributed by atoms with Gasteiger partial charge in [0.2, 0.25) is 5.78 Å². The Morgan fingerprint density at radius 2 is 1.61 bits per heavy atom. The van der Waals surface area contributed by atoms with Crippen LogP contribution in [0.15, 0.2) is 48.7 Å². The Kier molecular flexibility index (Phi) is 6.40. The maximum absolute atomic E-state index is 13.2. The molecule has 0 radical (unpaired) electrons. The summed E-state index contributed by atoms with van der Waals surface area (Å²) in [7, 11) is 6.59. The molecular weight excluding hydrogens is 420 g/mol. The summed E-state index contributed by atoms with van der Waals surface area (Å²) < 4.78 is 17.7. The number of hydrogen-bond acceptors (Lipinski definition) is 6. The zero-order chi connectivity index (χ0) is 23.5. The second-order valence-corrected chi connectivity index (χ2v) is 8.07. The van der Waals surface area contributed by atoms with Crippen LogP contribution in [0.1, 0.15) is 38.4 Å². The van der Waals surface area contributed by atoms with Crippen molar-refractivity contribution in [2.24, 2.45) is 7.05 Å². The average Bonchev–Trinajstić information content (AvgIpc) is 3.24. The molecule has 0 spiro atoms. The molecule has 0 aliphatic carbocycles. The molecular formula is C26H28N2O5. The molecule has 7 nitrogen and oxygen atoms in total. The molecule has 0 fully saturated rings. The molecule has 0 unspecified atom stereocenters. The van der Waals surface area contributed by atoms with Gasteiger partial charge in [0, 0.05) is 42.7 Å². The van der Waals surface area contributed by atoms with Crippen LogP contribution in [-0.4, -0.2) is 50.6 Å². The Hall–Kier alpha value is -3.74. The third kappa shape index (κ3) is 4.44. The highest BCUT2D eigenvalue weighted by molar-refractivity contribution is 6.10. The molecule has 172 valence electrons. The van der Waals surface area contributed by atoms with Gasteiger partial charge in [0.25, 0.3) is 0 Å². The number of aromatic nitrogens is 1. The van der Waals surface area contributed by atoms with Crippen LogP contribution < -0.4 is 19.1 Å². The van der Waals surface area contributed by atoms with Crippen molar-refractivity contribution < 1.29 is 23.8 Å².